The van der Waals surface area contributed by atoms with Gasteiger partial charge in [-0.15, -0.1) is 9.97 Å². The molecule has 0 aliphatic heterocycles. The average molecular weight is 188 g/mol. The highest BCUT2D eigenvalue weighted by molar-refractivity contribution is 5.13. The second-order valence-corrected chi connectivity index (χ2v) is 1.89. The van der Waals surface area contributed by atoms with E-state index in [1.165, 1.54) is 0 Å². The van der Waals surface area contributed by atoms with E-state index in [0.717, 1.165) is 0 Å². The van der Waals surface area contributed by atoms with E-state index in [1.54, 1.807) is 6.92 Å². The van der Waals surface area contributed by atoms with E-state index in [0.29, 0.717) is 17.7 Å². The minimum absolute atomic E-state index is 0.292. The lowest BCUT2D eigenvalue weighted by Gasteiger charge is -1.87. The second kappa shape index (κ2) is 4.64. The molecule has 0 saturated carbocycles. The minimum Gasteiger partial charge on any atom is -0.356 e. The summed E-state index contributed by atoms with van der Waals surface area (Å²) in [4.78, 5) is 18.3. The predicted octanol–water partition coefficient (Wildman–Crippen LogP) is -1.48. The van der Waals surface area contributed by atoms with Crippen LogP contribution in [0.3, 0.4) is 0 Å². The summed E-state index contributed by atoms with van der Waals surface area (Å²) in [7, 11) is 0. The number of aryl methyl sites for hydroxylation is 1. The number of aromatic amines is 1. The summed E-state index contributed by atoms with van der Waals surface area (Å²) in [6, 6.07) is 0. The third kappa shape index (κ3) is 6.22. The minimum atomic E-state index is -1.75. The maximum absolute atomic E-state index is 8.25. The van der Waals surface area contributed by atoms with Crippen molar-refractivity contribution < 1.29 is 10.1 Å². The fourth-order valence-electron chi connectivity index (χ4n) is 0.561. The van der Waals surface area contributed by atoms with E-state index < -0.39 is 5.09 Å². The third-order valence-corrected chi connectivity index (χ3v) is 0.821. The molecule has 9 nitrogen and oxygen atoms in total. The van der Waals surface area contributed by atoms with Crippen LogP contribution in [0.4, 0.5) is 11.9 Å². The lowest BCUT2D eigenvalue weighted by Crippen LogP contribution is -2.20. The molecule has 0 atom stereocenters. The standard InChI is InChI=1S/C4H7N5.NO3/c1-2-7-3(5)9-4(6)8-2;2-1(3)4/h1H3,(H4,5,6,7,8,9);/q;-1/p+1. The van der Waals surface area contributed by atoms with Crippen LogP contribution in [-0.4, -0.2) is 15.1 Å². The van der Waals surface area contributed by atoms with Crippen LogP contribution in [0, 0.1) is 22.2 Å². The summed E-state index contributed by atoms with van der Waals surface area (Å²) < 4.78 is 0. The van der Waals surface area contributed by atoms with Crippen LogP contribution in [0.15, 0.2) is 0 Å². The van der Waals surface area contributed by atoms with Gasteiger partial charge >= 0.3 is 11.9 Å². The topological polar surface area (TPSA) is 158 Å². The van der Waals surface area contributed by atoms with Crippen molar-refractivity contribution in [3.8, 4) is 0 Å². The molecule has 0 amide bonds. The molecule has 0 spiro atoms. The lowest BCUT2D eigenvalue weighted by atomic mass is 10.7. The molecular formula is C4H8N6O3. The molecule has 0 aliphatic carbocycles. The quantitative estimate of drug-likeness (QED) is 0.371. The van der Waals surface area contributed by atoms with Crippen molar-refractivity contribution in [2.45, 2.75) is 6.92 Å². The van der Waals surface area contributed by atoms with Crippen LogP contribution in [0.5, 0.6) is 0 Å². The molecule has 1 aromatic heterocycles. The maximum atomic E-state index is 8.25. The molecule has 5 N–H and O–H groups in total. The van der Waals surface area contributed by atoms with Crippen molar-refractivity contribution in [3.05, 3.63) is 21.1 Å². The zero-order chi connectivity index (χ0) is 10.4. The van der Waals surface area contributed by atoms with E-state index in [9.17, 15) is 0 Å². The Morgan fingerprint density at radius 2 is 1.62 bits per heavy atom. The number of hydrogen-bond donors (Lipinski definition) is 2. The number of rotatable bonds is 0. The molecule has 72 valence electrons. The number of hydrogen-bond acceptors (Lipinski definition) is 7. The monoisotopic (exact) mass is 188 g/mol. The number of nitrogens with zero attached hydrogens (tertiary/aromatic N) is 3. The smallest absolute Gasteiger partial charge is 0.318 e. The van der Waals surface area contributed by atoms with Gasteiger partial charge in [-0.2, -0.15) is 0 Å². The Hall–Kier alpha value is -2.19. The van der Waals surface area contributed by atoms with Gasteiger partial charge in [0.15, 0.2) is 0 Å². The van der Waals surface area contributed by atoms with Crippen LogP contribution >= 0.6 is 0 Å². The molecule has 1 heterocycles. The molecular weight excluding hydrogens is 180 g/mol. The highest BCUT2D eigenvalue weighted by atomic mass is 16.9. The number of aromatic nitrogens is 3. The van der Waals surface area contributed by atoms with Gasteiger partial charge in [0.25, 0.3) is 0 Å². The summed E-state index contributed by atoms with van der Waals surface area (Å²) >= 11 is 0. The molecule has 0 saturated heterocycles. The van der Waals surface area contributed by atoms with Gasteiger partial charge < -0.3 is 26.8 Å². The molecule has 9 heteroatoms. The predicted molar refractivity (Wildman–Crippen MR) is 42.5 cm³/mol. The van der Waals surface area contributed by atoms with E-state index in [1.807, 2.05) is 0 Å². The molecule has 1 aromatic rings. The van der Waals surface area contributed by atoms with Crippen molar-refractivity contribution in [3.63, 3.8) is 0 Å². The summed E-state index contributed by atoms with van der Waals surface area (Å²) in [6.45, 7) is 1.72. The Morgan fingerprint density at radius 3 is 1.85 bits per heavy atom. The third-order valence-electron chi connectivity index (χ3n) is 0.821. The van der Waals surface area contributed by atoms with Crippen LogP contribution in [0.25, 0.3) is 0 Å². The fraction of sp³-hybridized carbons (Fsp3) is 0.250. The Balaban J connectivity index is 0.000000310. The first-order valence-electron chi connectivity index (χ1n) is 3.02. The maximum Gasteiger partial charge on any atom is 0.318 e. The molecule has 0 aromatic carbocycles. The fourth-order valence-corrected chi connectivity index (χ4v) is 0.561. The van der Waals surface area contributed by atoms with Gasteiger partial charge in [-0.25, -0.2) is 4.98 Å². The summed E-state index contributed by atoms with van der Waals surface area (Å²) in [6.07, 6.45) is 0. The number of anilines is 2. The molecule has 0 radical (unpaired) electrons. The van der Waals surface area contributed by atoms with Gasteiger partial charge in [0.2, 0.25) is 5.82 Å². The van der Waals surface area contributed by atoms with Gasteiger partial charge in [-0.3, -0.25) is 0 Å². The van der Waals surface area contributed by atoms with E-state index in [-0.39, 0.29) is 0 Å². The highest BCUT2D eigenvalue weighted by Gasteiger charge is 2.00. The van der Waals surface area contributed by atoms with Crippen molar-refractivity contribution in [2.24, 2.45) is 0 Å². The van der Waals surface area contributed by atoms with Gasteiger partial charge in [0.05, 0.1) is 5.09 Å². The number of nitrogens with one attached hydrogen (secondary N) is 1. The number of nitrogen functional groups attached to an aromatic ring is 2. The van der Waals surface area contributed by atoms with E-state index in [4.69, 9.17) is 26.8 Å². The Morgan fingerprint density at radius 1 is 1.31 bits per heavy atom. The van der Waals surface area contributed by atoms with Gasteiger partial charge in [0, 0.05) is 6.92 Å². The summed E-state index contributed by atoms with van der Waals surface area (Å²) in [5.74, 6) is 1.16. The highest BCUT2D eigenvalue weighted by Crippen LogP contribution is 1.88. The van der Waals surface area contributed by atoms with Crippen molar-refractivity contribution >= 4 is 11.9 Å². The molecule has 0 unspecified atom stereocenters. The first-order valence-corrected chi connectivity index (χ1v) is 3.02. The zero-order valence-electron chi connectivity index (χ0n) is 6.72. The van der Waals surface area contributed by atoms with Gasteiger partial charge in [-0.1, -0.05) is 0 Å². The van der Waals surface area contributed by atoms with Crippen molar-refractivity contribution in [2.75, 3.05) is 11.5 Å². The second-order valence-electron chi connectivity index (χ2n) is 1.89. The van der Waals surface area contributed by atoms with Crippen LogP contribution in [0.2, 0.25) is 0 Å². The van der Waals surface area contributed by atoms with Crippen LogP contribution in [-0.2, 0) is 0 Å². The zero-order valence-corrected chi connectivity index (χ0v) is 6.72. The molecule has 1 rings (SSSR count). The molecule has 0 fully saturated rings. The van der Waals surface area contributed by atoms with Gasteiger partial charge in [0.1, 0.15) is 0 Å². The molecule has 13 heavy (non-hydrogen) atoms. The van der Waals surface area contributed by atoms with E-state index >= 15 is 0 Å². The Labute approximate surface area is 72.5 Å². The number of H-pyrrole nitrogens is 1. The SMILES string of the molecule is Cc1nc(N)[nH+]c(N)n1.O=[N+]([O-])[O-]. The van der Waals surface area contributed by atoms with E-state index in [2.05, 4.69) is 15.0 Å². The summed E-state index contributed by atoms with van der Waals surface area (Å²) in [5.41, 5.74) is 10.5. The largest absolute Gasteiger partial charge is 0.356 e. The van der Waals surface area contributed by atoms with Crippen LogP contribution in [0.1, 0.15) is 5.82 Å². The Kier molecular flexibility index (Phi) is 3.86. The normalized spacial score (nSPS) is 8.38. The van der Waals surface area contributed by atoms with Crippen LogP contribution < -0.4 is 16.5 Å². The first kappa shape index (κ1) is 10.8. The average Bonchev–Trinajstić information content (AvgIpc) is 1.80. The van der Waals surface area contributed by atoms with Crippen molar-refractivity contribution in [1.82, 2.24) is 9.97 Å². The molecule has 0 bridgehead atoms. The summed E-state index contributed by atoms with van der Waals surface area (Å²) in [5, 5.41) is 14.8. The Bertz CT molecular complexity index is 247. The number of nitrogens with two attached hydrogens (primary N) is 2. The lowest BCUT2D eigenvalue weighted by molar-refractivity contribution is -0.402. The van der Waals surface area contributed by atoms with Crippen molar-refractivity contribution in [1.29, 1.82) is 0 Å². The first-order chi connectivity index (χ1) is 5.91. The molecule has 0 aliphatic rings. The van der Waals surface area contributed by atoms with Gasteiger partial charge in [-0.05, 0) is 0 Å².